The van der Waals surface area contributed by atoms with Crippen LogP contribution in [0.4, 0.5) is 4.39 Å². The fraction of sp³-hybridized carbons (Fsp3) is 0.571. The minimum atomic E-state index is -0.410. The zero-order valence-corrected chi connectivity index (χ0v) is 12.3. The number of nitrogens with zero attached hydrogens (tertiary/aromatic N) is 1. The van der Waals surface area contributed by atoms with Crippen LogP contribution < -0.4 is 5.32 Å². The molecule has 0 bridgehead atoms. The van der Waals surface area contributed by atoms with Gasteiger partial charge in [0.2, 0.25) is 5.91 Å². The molecule has 1 heterocycles. The molecule has 1 amide bonds. The minimum absolute atomic E-state index is 0.0241. The smallest absolute Gasteiger partial charge is 0.242 e. The molecule has 0 saturated carbocycles. The van der Waals surface area contributed by atoms with Crippen molar-refractivity contribution in [2.45, 2.75) is 44.4 Å². The van der Waals surface area contributed by atoms with Crippen molar-refractivity contribution in [2.24, 2.45) is 10.9 Å². The van der Waals surface area contributed by atoms with E-state index in [4.69, 9.17) is 0 Å². The Morgan fingerprint density at radius 3 is 2.95 bits per heavy atom. The molecule has 5 heteroatoms. The van der Waals surface area contributed by atoms with Gasteiger partial charge in [0.1, 0.15) is 5.83 Å². The number of nitrogens with one attached hydrogen (secondary N) is 1. The Morgan fingerprint density at radius 2 is 2.42 bits per heavy atom. The second-order valence-corrected chi connectivity index (χ2v) is 6.66. The van der Waals surface area contributed by atoms with Gasteiger partial charge in [-0.3, -0.25) is 9.79 Å². The molecule has 2 rings (SSSR count). The van der Waals surface area contributed by atoms with Crippen LogP contribution in [0, 0.1) is 5.92 Å². The van der Waals surface area contributed by atoms with Crippen LogP contribution in [0.15, 0.2) is 29.0 Å². The van der Waals surface area contributed by atoms with Crippen molar-refractivity contribution in [3.8, 4) is 0 Å². The topological polar surface area (TPSA) is 41.5 Å². The van der Waals surface area contributed by atoms with Crippen LogP contribution in [0.3, 0.4) is 0 Å². The van der Waals surface area contributed by atoms with E-state index >= 15 is 0 Å². The van der Waals surface area contributed by atoms with Crippen molar-refractivity contribution in [3.63, 3.8) is 0 Å². The zero-order chi connectivity index (χ0) is 14.0. The van der Waals surface area contributed by atoms with Gasteiger partial charge in [0.15, 0.2) is 5.17 Å². The molecule has 19 heavy (non-hydrogen) atoms. The predicted octanol–water partition coefficient (Wildman–Crippen LogP) is 3.19. The molecule has 104 valence electrons. The SMILES string of the molecule is CCC1(C)SC(=N[C@@H](C)C2C=CC(F)=CC2)NC1=O. The maximum Gasteiger partial charge on any atom is 0.242 e. The number of thioether (sulfide) groups is 1. The number of hydrogen-bond donors (Lipinski definition) is 1. The highest BCUT2D eigenvalue weighted by molar-refractivity contribution is 8.16. The standard InChI is InChI=1S/C14H19FN2OS/c1-4-14(3)12(18)17-13(19-14)16-9(2)10-5-7-11(15)8-6-10/h5,7-10H,4,6H2,1-3H3,(H,16,17,18)/t9-,10?,14?/m0/s1. The number of carbonyl (C=O) groups excluding carboxylic acids is 1. The van der Waals surface area contributed by atoms with Crippen LogP contribution in [-0.2, 0) is 4.79 Å². The zero-order valence-electron chi connectivity index (χ0n) is 11.4. The van der Waals surface area contributed by atoms with Crippen LogP contribution >= 0.6 is 11.8 Å². The molecule has 3 nitrogen and oxygen atoms in total. The summed E-state index contributed by atoms with van der Waals surface area (Å²) in [6, 6.07) is 0.0302. The molecule has 2 aliphatic rings. The first-order valence-electron chi connectivity index (χ1n) is 6.57. The van der Waals surface area contributed by atoms with Gasteiger partial charge in [0, 0.05) is 5.92 Å². The minimum Gasteiger partial charge on any atom is -0.304 e. The van der Waals surface area contributed by atoms with Gasteiger partial charge >= 0.3 is 0 Å². The second kappa shape index (κ2) is 5.49. The van der Waals surface area contributed by atoms with Crippen LogP contribution in [0.5, 0.6) is 0 Å². The summed E-state index contributed by atoms with van der Waals surface area (Å²) in [5, 5.41) is 3.52. The summed E-state index contributed by atoms with van der Waals surface area (Å²) in [4.78, 5) is 16.4. The van der Waals surface area contributed by atoms with Crippen molar-refractivity contribution in [1.29, 1.82) is 0 Å². The fourth-order valence-electron chi connectivity index (χ4n) is 2.06. The number of aliphatic imine (C=N–C) groups is 1. The van der Waals surface area contributed by atoms with Gasteiger partial charge in [-0.1, -0.05) is 24.8 Å². The summed E-state index contributed by atoms with van der Waals surface area (Å²) >= 11 is 1.49. The molecule has 2 unspecified atom stereocenters. The first-order valence-corrected chi connectivity index (χ1v) is 7.38. The Kier molecular flexibility index (Phi) is 4.13. The molecule has 0 radical (unpaired) electrons. The van der Waals surface area contributed by atoms with E-state index in [-0.39, 0.29) is 23.7 Å². The predicted molar refractivity (Wildman–Crippen MR) is 77.8 cm³/mol. The number of amidine groups is 1. The number of amides is 1. The number of hydrogen-bond acceptors (Lipinski definition) is 3. The van der Waals surface area contributed by atoms with Crippen molar-refractivity contribution in [3.05, 3.63) is 24.1 Å². The quantitative estimate of drug-likeness (QED) is 0.863. The molecular weight excluding hydrogens is 263 g/mol. The van der Waals surface area contributed by atoms with E-state index in [1.54, 1.807) is 6.08 Å². The molecule has 1 saturated heterocycles. The maximum absolute atomic E-state index is 12.9. The van der Waals surface area contributed by atoms with Crippen LogP contribution in [0.2, 0.25) is 0 Å². The second-order valence-electron chi connectivity index (χ2n) is 5.16. The van der Waals surface area contributed by atoms with Crippen LogP contribution in [-0.4, -0.2) is 21.9 Å². The van der Waals surface area contributed by atoms with Gasteiger partial charge in [-0.2, -0.15) is 0 Å². The Labute approximate surface area is 117 Å². The van der Waals surface area contributed by atoms with Gasteiger partial charge in [0.25, 0.3) is 0 Å². The monoisotopic (exact) mass is 282 g/mol. The lowest BCUT2D eigenvalue weighted by Gasteiger charge is -2.18. The lowest BCUT2D eigenvalue weighted by Crippen LogP contribution is -2.33. The summed E-state index contributed by atoms with van der Waals surface area (Å²) in [6.45, 7) is 5.92. The van der Waals surface area contributed by atoms with Crippen molar-refractivity contribution < 1.29 is 9.18 Å². The molecule has 0 spiro atoms. The van der Waals surface area contributed by atoms with E-state index in [1.165, 1.54) is 17.8 Å². The highest BCUT2D eigenvalue weighted by Gasteiger charge is 2.41. The van der Waals surface area contributed by atoms with Gasteiger partial charge in [-0.05, 0) is 38.8 Å². The fourth-order valence-corrected chi connectivity index (χ4v) is 3.13. The summed E-state index contributed by atoms with van der Waals surface area (Å²) < 4.78 is 12.5. The third-order valence-corrected chi connectivity index (χ3v) is 5.05. The molecule has 1 aliphatic heterocycles. The summed E-state index contributed by atoms with van der Waals surface area (Å²) in [6.07, 6.45) is 6.35. The van der Waals surface area contributed by atoms with E-state index in [1.807, 2.05) is 26.8 Å². The van der Waals surface area contributed by atoms with Crippen molar-refractivity contribution in [2.75, 3.05) is 0 Å². The van der Waals surface area contributed by atoms with Crippen molar-refractivity contribution in [1.82, 2.24) is 5.32 Å². The maximum atomic E-state index is 12.9. The van der Waals surface area contributed by atoms with E-state index < -0.39 is 4.75 Å². The Morgan fingerprint density at radius 1 is 1.68 bits per heavy atom. The van der Waals surface area contributed by atoms with Gasteiger partial charge < -0.3 is 5.32 Å². The molecule has 3 atom stereocenters. The van der Waals surface area contributed by atoms with Gasteiger partial charge in [-0.25, -0.2) is 4.39 Å². The molecule has 1 fully saturated rings. The summed E-state index contributed by atoms with van der Waals surface area (Å²) in [5.74, 6) is 0.0345. The van der Waals surface area contributed by atoms with Crippen LogP contribution in [0.25, 0.3) is 0 Å². The normalized spacial score (nSPS) is 34.3. The Hall–Kier alpha value is -1.10. The highest BCUT2D eigenvalue weighted by Crippen LogP contribution is 2.35. The molecule has 0 aromatic rings. The third kappa shape index (κ3) is 3.08. The van der Waals surface area contributed by atoms with Crippen LogP contribution in [0.1, 0.15) is 33.6 Å². The molecule has 0 aromatic heterocycles. The Bertz CT molecular complexity index is 472. The van der Waals surface area contributed by atoms with Gasteiger partial charge in [0.05, 0.1) is 10.8 Å². The van der Waals surface area contributed by atoms with E-state index in [0.29, 0.717) is 11.6 Å². The largest absolute Gasteiger partial charge is 0.304 e. The summed E-state index contributed by atoms with van der Waals surface area (Å²) in [7, 11) is 0. The number of rotatable bonds is 3. The Balaban J connectivity index is 2.03. The first-order chi connectivity index (χ1) is 8.94. The first kappa shape index (κ1) is 14.3. The number of carbonyl (C=O) groups is 1. The molecule has 0 aromatic carbocycles. The average Bonchev–Trinajstić information content (AvgIpc) is 2.66. The van der Waals surface area contributed by atoms with E-state index in [0.717, 1.165) is 6.42 Å². The van der Waals surface area contributed by atoms with Gasteiger partial charge in [-0.15, -0.1) is 0 Å². The molecule has 1 aliphatic carbocycles. The lowest BCUT2D eigenvalue weighted by molar-refractivity contribution is -0.121. The van der Waals surface area contributed by atoms with E-state index in [2.05, 4.69) is 10.3 Å². The lowest BCUT2D eigenvalue weighted by atomic mass is 9.94. The molecular formula is C14H19FN2OS. The van der Waals surface area contributed by atoms with Crippen molar-refractivity contribution >= 4 is 22.8 Å². The number of halogens is 1. The third-order valence-electron chi connectivity index (χ3n) is 3.73. The molecule has 1 N–H and O–H groups in total. The number of allylic oxidation sites excluding steroid dienone is 3. The summed E-state index contributed by atoms with van der Waals surface area (Å²) in [5.41, 5.74) is 0. The van der Waals surface area contributed by atoms with E-state index in [9.17, 15) is 9.18 Å². The highest BCUT2D eigenvalue weighted by atomic mass is 32.2. The average molecular weight is 282 g/mol.